The number of carbonyl (C=O) groups is 1. The van der Waals surface area contributed by atoms with E-state index in [4.69, 9.17) is 21.3 Å². The smallest absolute Gasteiger partial charge is 0.335 e. The molecule has 0 spiro atoms. The van der Waals surface area contributed by atoms with Gasteiger partial charge in [-0.05, 0) is 66.2 Å². The summed E-state index contributed by atoms with van der Waals surface area (Å²) in [6.45, 7) is 0.386. The molecule has 42 heavy (non-hydrogen) atoms. The maximum Gasteiger partial charge on any atom is 0.335 e. The van der Waals surface area contributed by atoms with Gasteiger partial charge in [0.25, 0.3) is 0 Å². The first kappa shape index (κ1) is 27.2. The van der Waals surface area contributed by atoms with Crippen molar-refractivity contribution in [2.24, 2.45) is 0 Å². The average molecular weight is 585 g/mol. The van der Waals surface area contributed by atoms with Gasteiger partial charge in [0, 0.05) is 40.5 Å². The van der Waals surface area contributed by atoms with Gasteiger partial charge in [-0.15, -0.1) is 0 Å². The number of aromatic nitrogens is 4. The number of aromatic amines is 1. The van der Waals surface area contributed by atoms with Crippen LogP contribution in [0.15, 0.2) is 91.1 Å². The van der Waals surface area contributed by atoms with Crippen LogP contribution in [-0.2, 0) is 19.6 Å². The molecule has 6 aromatic rings. The van der Waals surface area contributed by atoms with Gasteiger partial charge in [-0.2, -0.15) is 0 Å². The van der Waals surface area contributed by atoms with Crippen LogP contribution in [0.1, 0.15) is 33.0 Å². The second-order valence-electron chi connectivity index (χ2n) is 9.69. The van der Waals surface area contributed by atoms with Gasteiger partial charge in [0.15, 0.2) is 0 Å². The number of nitrogens with zero attached hydrogens (tertiary/aromatic N) is 3. The molecule has 3 aromatic carbocycles. The number of carboxylic acid groups (broad SMARTS) is 1. The first-order valence-corrected chi connectivity index (χ1v) is 13.4. The van der Waals surface area contributed by atoms with Gasteiger partial charge in [-0.1, -0.05) is 29.8 Å². The molecule has 0 saturated heterocycles. The van der Waals surface area contributed by atoms with Crippen molar-refractivity contribution in [2.75, 3.05) is 0 Å². The van der Waals surface area contributed by atoms with Crippen LogP contribution < -0.4 is 4.74 Å². The quantitative estimate of drug-likeness (QED) is 0.186. The molecule has 0 radical (unpaired) electrons. The van der Waals surface area contributed by atoms with Crippen molar-refractivity contribution in [1.82, 2.24) is 19.5 Å². The van der Waals surface area contributed by atoms with Crippen LogP contribution in [0.3, 0.4) is 0 Å². The van der Waals surface area contributed by atoms with E-state index in [1.54, 1.807) is 48.5 Å². The van der Waals surface area contributed by atoms with E-state index in [-0.39, 0.29) is 23.6 Å². The summed E-state index contributed by atoms with van der Waals surface area (Å²) in [5, 5.41) is 9.79. The van der Waals surface area contributed by atoms with Crippen LogP contribution in [0.5, 0.6) is 5.88 Å². The second-order valence-corrected chi connectivity index (χ2v) is 10.1. The first-order chi connectivity index (χ1) is 20.3. The van der Waals surface area contributed by atoms with E-state index in [9.17, 15) is 14.3 Å². The van der Waals surface area contributed by atoms with Crippen molar-refractivity contribution in [3.8, 4) is 17.1 Å². The van der Waals surface area contributed by atoms with Crippen molar-refractivity contribution in [2.45, 2.75) is 19.6 Å². The molecule has 0 saturated carbocycles. The summed E-state index contributed by atoms with van der Waals surface area (Å²) >= 11 is 5.81. The summed E-state index contributed by atoms with van der Waals surface area (Å²) in [7, 11) is 0. The molecule has 3 aromatic heterocycles. The van der Waals surface area contributed by atoms with Gasteiger partial charge in [0.2, 0.25) is 5.88 Å². The molecule has 7 nitrogen and oxygen atoms in total. The Kier molecular flexibility index (Phi) is 7.41. The number of halogens is 3. The molecular weight excluding hydrogens is 562 g/mol. The molecule has 0 atom stereocenters. The highest BCUT2D eigenvalue weighted by Gasteiger charge is 2.16. The number of nitrogens with one attached hydrogen (secondary N) is 1. The second kappa shape index (κ2) is 11.5. The van der Waals surface area contributed by atoms with E-state index in [2.05, 4.69) is 9.97 Å². The van der Waals surface area contributed by atoms with Gasteiger partial charge >= 0.3 is 5.97 Å². The number of hydrogen-bond donors (Lipinski definition) is 2. The number of carboxylic acids is 1. The molecule has 0 fully saturated rings. The minimum Gasteiger partial charge on any atom is -0.478 e. The monoisotopic (exact) mass is 584 g/mol. The fourth-order valence-electron chi connectivity index (χ4n) is 4.75. The normalized spacial score (nSPS) is 11.2. The SMILES string of the molecule is O=C(O)c1ccc2nc(Cc3ccc(-c4cccc(OCc5ccc(Cl)cc5F)n4)c(F)c3)n(Cc3ccc[nH]3)c2c1. The summed E-state index contributed by atoms with van der Waals surface area (Å²) in [5.74, 6) is -1.09. The van der Waals surface area contributed by atoms with Gasteiger partial charge < -0.3 is 19.4 Å². The largest absolute Gasteiger partial charge is 0.478 e. The molecule has 0 aliphatic heterocycles. The lowest BCUT2D eigenvalue weighted by Crippen LogP contribution is -2.07. The Balaban J connectivity index is 1.25. The molecule has 10 heteroatoms. The average Bonchev–Trinajstić information content (AvgIpc) is 3.61. The summed E-state index contributed by atoms with van der Waals surface area (Å²) in [4.78, 5) is 23.9. The molecular formula is C32H23ClF2N4O3. The van der Waals surface area contributed by atoms with Crippen molar-refractivity contribution in [3.63, 3.8) is 0 Å². The Bertz CT molecular complexity index is 1920. The number of hydrogen-bond acceptors (Lipinski definition) is 4. The Labute approximate surface area is 244 Å². The van der Waals surface area contributed by atoms with Crippen LogP contribution in [0.4, 0.5) is 8.78 Å². The van der Waals surface area contributed by atoms with Crippen molar-refractivity contribution in [3.05, 3.63) is 136 Å². The Hall–Kier alpha value is -5.02. The number of aromatic carboxylic acids is 1. The van der Waals surface area contributed by atoms with Crippen LogP contribution in [0, 0.1) is 11.6 Å². The number of benzene rings is 3. The van der Waals surface area contributed by atoms with Crippen LogP contribution >= 0.6 is 11.6 Å². The van der Waals surface area contributed by atoms with Crippen molar-refractivity contribution < 1.29 is 23.4 Å². The highest BCUT2D eigenvalue weighted by atomic mass is 35.5. The molecule has 0 unspecified atom stereocenters. The van der Waals surface area contributed by atoms with E-state index in [1.807, 2.05) is 22.9 Å². The lowest BCUT2D eigenvalue weighted by atomic mass is 10.1. The van der Waals surface area contributed by atoms with Gasteiger partial charge in [-0.3, -0.25) is 0 Å². The molecule has 0 amide bonds. The Morgan fingerprint density at radius 1 is 0.952 bits per heavy atom. The summed E-state index contributed by atoms with van der Waals surface area (Å²) in [6, 6.07) is 22.8. The zero-order chi connectivity index (χ0) is 29.2. The Morgan fingerprint density at radius 3 is 2.60 bits per heavy atom. The zero-order valence-electron chi connectivity index (χ0n) is 22.0. The molecule has 0 aliphatic rings. The number of pyridine rings is 1. The van der Waals surface area contributed by atoms with E-state index in [0.29, 0.717) is 51.7 Å². The van der Waals surface area contributed by atoms with E-state index >= 15 is 4.39 Å². The highest BCUT2D eigenvalue weighted by Crippen LogP contribution is 2.27. The van der Waals surface area contributed by atoms with E-state index in [1.165, 1.54) is 24.3 Å². The zero-order valence-corrected chi connectivity index (χ0v) is 22.8. The number of rotatable bonds is 9. The molecule has 6 rings (SSSR count). The van der Waals surface area contributed by atoms with E-state index in [0.717, 1.165) is 5.69 Å². The summed E-state index contributed by atoms with van der Waals surface area (Å²) < 4.78 is 37.1. The lowest BCUT2D eigenvalue weighted by Gasteiger charge is -2.11. The third-order valence-corrected chi connectivity index (χ3v) is 7.09. The third-order valence-electron chi connectivity index (χ3n) is 6.85. The predicted molar refractivity (Wildman–Crippen MR) is 155 cm³/mol. The number of imidazole rings is 1. The maximum atomic E-state index is 15.4. The molecule has 3 heterocycles. The first-order valence-electron chi connectivity index (χ1n) is 13.0. The molecule has 0 bridgehead atoms. The molecule has 0 aliphatic carbocycles. The molecule has 2 N–H and O–H groups in total. The minimum absolute atomic E-state index is 0.0572. The number of H-pyrrole nitrogens is 1. The standard InChI is InChI=1S/C32H23ClF2N4O3/c33-22-9-7-21(25(34)16-22)18-42-31-5-1-4-27(38-31)24-10-6-19(13-26(24)35)14-30-37-28-11-8-20(32(40)41)15-29(28)39(30)17-23-3-2-12-36-23/h1-13,15-16,36H,14,17-18H2,(H,40,41). The van der Waals surface area contributed by atoms with Gasteiger partial charge in [0.05, 0.1) is 28.8 Å². The number of ether oxygens (including phenoxy) is 1. The van der Waals surface area contributed by atoms with Crippen molar-refractivity contribution in [1.29, 1.82) is 0 Å². The molecule has 210 valence electrons. The van der Waals surface area contributed by atoms with E-state index < -0.39 is 17.6 Å². The Morgan fingerprint density at radius 2 is 1.83 bits per heavy atom. The van der Waals surface area contributed by atoms with Gasteiger partial charge in [0.1, 0.15) is 24.1 Å². The summed E-state index contributed by atoms with van der Waals surface area (Å²) in [6.07, 6.45) is 2.13. The number of fused-ring (bicyclic) bond motifs is 1. The fourth-order valence-corrected chi connectivity index (χ4v) is 4.91. The van der Waals surface area contributed by atoms with Crippen LogP contribution in [-0.4, -0.2) is 30.6 Å². The summed E-state index contributed by atoms with van der Waals surface area (Å²) in [5.41, 5.74) is 4.07. The topological polar surface area (TPSA) is 93.0 Å². The predicted octanol–water partition coefficient (Wildman–Crippen LogP) is 7.27. The third kappa shape index (κ3) is 5.73. The minimum atomic E-state index is -1.02. The maximum absolute atomic E-state index is 15.4. The van der Waals surface area contributed by atoms with Crippen LogP contribution in [0.25, 0.3) is 22.3 Å². The highest BCUT2D eigenvalue weighted by molar-refractivity contribution is 6.30. The van der Waals surface area contributed by atoms with Crippen LogP contribution in [0.2, 0.25) is 5.02 Å². The fraction of sp³-hybridized carbons (Fsp3) is 0.0938. The lowest BCUT2D eigenvalue weighted by molar-refractivity contribution is 0.0697. The van der Waals surface area contributed by atoms with Gasteiger partial charge in [-0.25, -0.2) is 23.5 Å². The van der Waals surface area contributed by atoms with Crippen molar-refractivity contribution >= 4 is 28.6 Å².